The van der Waals surface area contributed by atoms with E-state index in [1.54, 1.807) is 6.07 Å². The van der Waals surface area contributed by atoms with E-state index in [9.17, 15) is 19.4 Å². The van der Waals surface area contributed by atoms with Gasteiger partial charge in [-0.1, -0.05) is 0 Å². The number of nitrogens with one attached hydrogen (secondary N) is 2. The zero-order chi connectivity index (χ0) is 29.3. The quantitative estimate of drug-likeness (QED) is 0.186. The Kier molecular flexibility index (Phi) is 8.03. The normalized spacial score (nSPS) is 22.9. The number of amides is 1. The fourth-order valence-corrected chi connectivity index (χ4v) is 5.10. The van der Waals surface area contributed by atoms with E-state index >= 15 is 0 Å². The highest BCUT2D eigenvalue weighted by Crippen LogP contribution is 2.30. The predicted octanol–water partition coefficient (Wildman–Crippen LogP) is 0.147. The molecule has 15 heteroatoms. The predicted molar refractivity (Wildman–Crippen MR) is 153 cm³/mol. The van der Waals surface area contributed by atoms with Crippen LogP contribution in [0.5, 0.6) is 11.5 Å². The molecule has 2 fully saturated rings. The van der Waals surface area contributed by atoms with E-state index in [-0.39, 0.29) is 47.1 Å². The molecule has 2 saturated heterocycles. The van der Waals surface area contributed by atoms with Gasteiger partial charge in [0.1, 0.15) is 17.3 Å². The summed E-state index contributed by atoms with van der Waals surface area (Å²) in [5, 5.41) is 26.0. The van der Waals surface area contributed by atoms with Crippen molar-refractivity contribution in [1.82, 2.24) is 15.0 Å². The molecule has 2 aromatic carbocycles. The zero-order valence-corrected chi connectivity index (χ0v) is 22.2. The molecule has 1 amide bonds. The van der Waals surface area contributed by atoms with Gasteiger partial charge in [-0.25, -0.2) is 4.39 Å². The van der Waals surface area contributed by atoms with E-state index in [0.29, 0.717) is 56.6 Å². The highest BCUT2D eigenvalue weighted by Gasteiger charge is 2.29. The largest absolute Gasteiger partial charge is 0.507 e. The summed E-state index contributed by atoms with van der Waals surface area (Å²) in [6, 6.07) is 6.85. The van der Waals surface area contributed by atoms with Crippen molar-refractivity contribution >= 4 is 35.1 Å². The number of rotatable bonds is 6. The molecule has 2 aliphatic heterocycles. The Labute approximate surface area is 235 Å². The second kappa shape index (κ2) is 11.7. The van der Waals surface area contributed by atoms with Gasteiger partial charge in [0, 0.05) is 62.1 Å². The summed E-state index contributed by atoms with van der Waals surface area (Å²) in [7, 11) is 0. The van der Waals surface area contributed by atoms with Gasteiger partial charge in [0.25, 0.3) is 5.91 Å². The lowest BCUT2D eigenvalue weighted by atomic mass is 10.0. The van der Waals surface area contributed by atoms with Crippen LogP contribution in [-0.4, -0.2) is 81.4 Å². The Balaban J connectivity index is 1.40. The van der Waals surface area contributed by atoms with Gasteiger partial charge in [-0.15, -0.1) is 0 Å². The molecule has 218 valence electrons. The average Bonchev–Trinajstić information content (AvgIpc) is 2.90. The lowest BCUT2D eigenvalue weighted by Crippen LogP contribution is -2.54. The van der Waals surface area contributed by atoms with Gasteiger partial charge in [-0.2, -0.15) is 15.0 Å². The van der Waals surface area contributed by atoms with E-state index < -0.39 is 17.5 Å². The molecule has 0 aliphatic carbocycles. The highest BCUT2D eigenvalue weighted by molar-refractivity contribution is 6.06. The maximum Gasteiger partial charge on any atom is 0.259 e. The van der Waals surface area contributed by atoms with Crippen molar-refractivity contribution in [3.8, 4) is 11.5 Å². The third-order valence-electron chi connectivity index (χ3n) is 6.91. The fourth-order valence-electron chi connectivity index (χ4n) is 5.10. The number of benzene rings is 2. The standard InChI is InChI=1S/C26H34FN11O3/c27-13-1-4-21(39)19(5-13)23(41)33-20-3-2-18(8-22(20)40)32-24-34-25(37-9-14(28)6-15(29)10-37)36-26(35-24)38-11-16(30)7-17(31)12-38/h1-5,8,14-17,39-40H,6-7,9-12,28-31H2,(H,33,41)(H,32,34,35,36)/t14-,15+,16-,17+. The number of halogens is 1. The minimum absolute atomic E-state index is 0.0498. The average molecular weight is 568 g/mol. The van der Waals surface area contributed by atoms with Gasteiger partial charge in [-0.3, -0.25) is 4.79 Å². The summed E-state index contributed by atoms with van der Waals surface area (Å²) in [5.41, 5.74) is 25.0. The molecule has 14 nitrogen and oxygen atoms in total. The third kappa shape index (κ3) is 6.71. The van der Waals surface area contributed by atoms with E-state index in [1.165, 1.54) is 12.1 Å². The molecule has 0 radical (unpaired) electrons. The number of phenols is 2. The van der Waals surface area contributed by atoms with Crippen molar-refractivity contribution in [2.45, 2.75) is 37.0 Å². The number of piperidine rings is 2. The minimum Gasteiger partial charge on any atom is -0.507 e. The number of nitrogens with zero attached hydrogens (tertiary/aromatic N) is 5. The zero-order valence-electron chi connectivity index (χ0n) is 22.2. The first kappa shape index (κ1) is 28.2. The maximum atomic E-state index is 13.6. The summed E-state index contributed by atoms with van der Waals surface area (Å²) in [6.45, 7) is 2.08. The molecule has 0 bridgehead atoms. The fraction of sp³-hybridized carbons (Fsp3) is 0.385. The molecule has 1 aromatic heterocycles. The van der Waals surface area contributed by atoms with Crippen molar-refractivity contribution in [3.63, 3.8) is 0 Å². The number of hydrogen-bond acceptors (Lipinski definition) is 13. The Morgan fingerprint density at radius 3 is 1.90 bits per heavy atom. The number of anilines is 5. The topological polar surface area (TPSA) is 231 Å². The van der Waals surface area contributed by atoms with Gasteiger partial charge >= 0.3 is 0 Å². The molecule has 3 aromatic rings. The SMILES string of the molecule is N[C@@H]1C[C@H](N)CN(c2nc(Nc3ccc(NC(=O)c4cc(F)ccc4O)c(O)c3)nc(N3C[C@H](N)C[C@H](N)C3)n2)C1. The number of phenolic OH excluding ortho intramolecular Hbond substituents is 2. The highest BCUT2D eigenvalue weighted by atomic mass is 19.1. The molecule has 3 heterocycles. The number of aromatic nitrogens is 3. The lowest BCUT2D eigenvalue weighted by Gasteiger charge is -2.37. The lowest BCUT2D eigenvalue weighted by molar-refractivity contribution is 0.102. The van der Waals surface area contributed by atoms with Crippen molar-refractivity contribution < 1.29 is 19.4 Å². The van der Waals surface area contributed by atoms with Crippen molar-refractivity contribution in [2.24, 2.45) is 22.9 Å². The Hall–Kier alpha value is -4.31. The summed E-state index contributed by atoms with van der Waals surface area (Å²) in [5.74, 6) is -1.18. The van der Waals surface area contributed by atoms with Crippen LogP contribution in [0.3, 0.4) is 0 Å². The second-order valence-corrected chi connectivity index (χ2v) is 10.6. The summed E-state index contributed by atoms with van der Waals surface area (Å²) in [6.07, 6.45) is 1.38. The number of aromatic hydroxyl groups is 2. The smallest absolute Gasteiger partial charge is 0.259 e. The molecule has 4 atom stereocenters. The van der Waals surface area contributed by atoms with Crippen molar-refractivity contribution in [3.05, 3.63) is 47.8 Å². The van der Waals surface area contributed by atoms with E-state index in [0.717, 1.165) is 18.2 Å². The molecule has 5 rings (SSSR count). The molecule has 0 spiro atoms. The van der Waals surface area contributed by atoms with Gasteiger partial charge in [-0.05, 0) is 43.2 Å². The van der Waals surface area contributed by atoms with Crippen LogP contribution in [0.25, 0.3) is 0 Å². The first-order valence-corrected chi connectivity index (χ1v) is 13.2. The van der Waals surface area contributed by atoms with Crippen molar-refractivity contribution in [1.29, 1.82) is 0 Å². The van der Waals surface area contributed by atoms with Crippen LogP contribution in [0.2, 0.25) is 0 Å². The Morgan fingerprint density at radius 1 is 0.805 bits per heavy atom. The van der Waals surface area contributed by atoms with E-state index in [4.69, 9.17) is 22.9 Å². The number of nitrogens with two attached hydrogens (primary N) is 4. The summed E-state index contributed by atoms with van der Waals surface area (Å²) < 4.78 is 13.6. The van der Waals surface area contributed by atoms with Crippen LogP contribution < -0.4 is 43.4 Å². The molecule has 2 aliphatic rings. The Morgan fingerprint density at radius 2 is 1.37 bits per heavy atom. The summed E-state index contributed by atoms with van der Waals surface area (Å²) in [4.78, 5) is 30.2. The third-order valence-corrected chi connectivity index (χ3v) is 6.91. The molecule has 0 saturated carbocycles. The Bertz CT molecular complexity index is 1360. The van der Waals surface area contributed by atoms with Crippen LogP contribution in [0.1, 0.15) is 23.2 Å². The van der Waals surface area contributed by atoms with Gasteiger partial charge in [0.2, 0.25) is 17.8 Å². The maximum absolute atomic E-state index is 13.6. The second-order valence-electron chi connectivity index (χ2n) is 10.6. The first-order chi connectivity index (χ1) is 19.5. The van der Waals surface area contributed by atoms with Crippen molar-refractivity contribution in [2.75, 3.05) is 46.6 Å². The van der Waals surface area contributed by atoms with Crippen LogP contribution in [0.15, 0.2) is 36.4 Å². The molecular formula is C26H34FN11O3. The monoisotopic (exact) mass is 567 g/mol. The molecule has 41 heavy (non-hydrogen) atoms. The van der Waals surface area contributed by atoms with Crippen LogP contribution in [0.4, 0.5) is 33.6 Å². The van der Waals surface area contributed by atoms with E-state index in [1.807, 2.05) is 9.80 Å². The van der Waals surface area contributed by atoms with Gasteiger partial charge in [0.15, 0.2) is 0 Å². The van der Waals surface area contributed by atoms with E-state index in [2.05, 4.69) is 25.6 Å². The number of carbonyl (C=O) groups is 1. The van der Waals surface area contributed by atoms with Gasteiger partial charge in [0.05, 0.1) is 11.3 Å². The number of hydrogen-bond donors (Lipinski definition) is 8. The van der Waals surface area contributed by atoms with Crippen LogP contribution in [-0.2, 0) is 0 Å². The molecular weight excluding hydrogens is 533 g/mol. The molecule has 0 unspecified atom stereocenters. The minimum atomic E-state index is -0.791. The van der Waals surface area contributed by atoms with Crippen LogP contribution in [0, 0.1) is 5.82 Å². The number of carbonyl (C=O) groups excluding carboxylic acids is 1. The first-order valence-electron chi connectivity index (χ1n) is 13.2. The summed E-state index contributed by atoms with van der Waals surface area (Å²) >= 11 is 0. The molecule has 12 N–H and O–H groups in total. The van der Waals surface area contributed by atoms with Crippen LogP contribution >= 0.6 is 0 Å². The van der Waals surface area contributed by atoms with Gasteiger partial charge < -0.3 is 53.6 Å².